The third-order valence-corrected chi connectivity index (χ3v) is 7.28. The summed E-state index contributed by atoms with van der Waals surface area (Å²) in [6, 6.07) is 7.77. The molecule has 2 aliphatic rings. The third-order valence-electron chi connectivity index (χ3n) is 5.23. The van der Waals surface area contributed by atoms with Crippen LogP contribution in [-0.2, 0) is 4.79 Å². The normalized spacial score (nSPS) is 21.3. The van der Waals surface area contributed by atoms with Gasteiger partial charge in [0.2, 0.25) is 0 Å². The number of anilines is 1. The number of allylic oxidation sites excluding steroid dienone is 3. The van der Waals surface area contributed by atoms with Crippen LogP contribution < -0.4 is 10.6 Å². The van der Waals surface area contributed by atoms with Gasteiger partial charge in [-0.1, -0.05) is 25.4 Å². The molecule has 1 unspecified atom stereocenters. The topological polar surface area (TPSA) is 83.0 Å². The van der Waals surface area contributed by atoms with Crippen LogP contribution in [0.3, 0.4) is 0 Å². The van der Waals surface area contributed by atoms with Crippen molar-refractivity contribution >= 4 is 50.3 Å². The van der Waals surface area contributed by atoms with Crippen LogP contribution >= 0.6 is 38.9 Å². The van der Waals surface area contributed by atoms with Gasteiger partial charge in [-0.2, -0.15) is 5.26 Å². The van der Waals surface area contributed by atoms with Gasteiger partial charge in [0.1, 0.15) is 5.82 Å². The molecule has 0 amide bonds. The van der Waals surface area contributed by atoms with E-state index >= 15 is 0 Å². The zero-order valence-corrected chi connectivity index (χ0v) is 19.0. The summed E-state index contributed by atoms with van der Waals surface area (Å²) in [7, 11) is 0. The highest BCUT2D eigenvalue weighted by atomic mass is 79.9. The van der Waals surface area contributed by atoms with Crippen LogP contribution in [0.5, 0.6) is 0 Å². The molecule has 0 bridgehead atoms. The Kier molecular flexibility index (Phi) is 5.06. The van der Waals surface area contributed by atoms with Crippen LogP contribution in [0.25, 0.3) is 0 Å². The Balaban J connectivity index is 2.02. The van der Waals surface area contributed by atoms with E-state index in [1.54, 1.807) is 23.2 Å². The number of nitrogens with two attached hydrogens (primary N) is 1. The Hall–Kier alpha value is -2.14. The Morgan fingerprint density at radius 1 is 1.45 bits per heavy atom. The van der Waals surface area contributed by atoms with E-state index in [0.717, 1.165) is 15.0 Å². The van der Waals surface area contributed by atoms with Gasteiger partial charge in [-0.25, -0.2) is 4.98 Å². The molecule has 1 aliphatic carbocycles. The summed E-state index contributed by atoms with van der Waals surface area (Å²) in [5.74, 6) is -0.140. The van der Waals surface area contributed by atoms with Gasteiger partial charge in [0.05, 0.1) is 23.2 Å². The number of hydrogen-bond acceptors (Lipinski definition) is 6. The number of nitrogens with zero attached hydrogens (tertiary/aromatic N) is 3. The molecule has 0 aromatic carbocycles. The number of nitriles is 1. The fourth-order valence-corrected chi connectivity index (χ4v) is 5.86. The van der Waals surface area contributed by atoms with Crippen LogP contribution in [0.1, 0.15) is 37.5 Å². The highest BCUT2D eigenvalue weighted by molar-refractivity contribution is 9.10. The van der Waals surface area contributed by atoms with Crippen LogP contribution in [-0.4, -0.2) is 10.8 Å². The quantitative estimate of drug-likeness (QED) is 0.563. The average molecular weight is 490 g/mol. The summed E-state index contributed by atoms with van der Waals surface area (Å²) in [5, 5.41) is 12.2. The summed E-state index contributed by atoms with van der Waals surface area (Å²) < 4.78 is 0.914. The number of rotatable bonds is 2. The number of ketones is 1. The van der Waals surface area contributed by atoms with Gasteiger partial charge in [0.15, 0.2) is 10.9 Å². The SMILES string of the molecule is CC1(C)CC(=O)C2=C(C1)N(c1cccnc1Cl)C(N)=C(C#N)C2c1cc(Br)cs1. The monoisotopic (exact) mass is 488 g/mol. The maximum atomic E-state index is 13.4. The predicted molar refractivity (Wildman–Crippen MR) is 118 cm³/mol. The summed E-state index contributed by atoms with van der Waals surface area (Å²) in [4.78, 5) is 20.2. The summed E-state index contributed by atoms with van der Waals surface area (Å²) in [6.07, 6.45) is 2.65. The molecular weight excluding hydrogens is 472 g/mol. The molecule has 2 aromatic rings. The standard InChI is InChI=1S/C21H18BrClN4OS/c1-21(2)7-14-18(15(28)8-21)17(16-6-11(22)10-29-16)12(9-24)20(25)27(14)13-4-3-5-26-19(13)23/h3-6,10,17H,7-8,25H2,1-2H3. The molecule has 1 atom stereocenters. The smallest absolute Gasteiger partial charge is 0.162 e. The van der Waals surface area contributed by atoms with Crippen molar-refractivity contribution < 1.29 is 4.79 Å². The van der Waals surface area contributed by atoms with Crippen LogP contribution in [0, 0.1) is 16.7 Å². The number of Topliss-reactive ketones (excluding diaryl/α,β-unsaturated/α-hetero) is 1. The molecule has 0 spiro atoms. The van der Waals surface area contributed by atoms with Gasteiger partial charge in [0.25, 0.3) is 0 Å². The van der Waals surface area contributed by atoms with E-state index in [1.807, 2.05) is 11.4 Å². The van der Waals surface area contributed by atoms with Crippen molar-refractivity contribution in [1.29, 1.82) is 5.26 Å². The highest BCUT2D eigenvalue weighted by Crippen LogP contribution is 2.51. The molecule has 2 N–H and O–H groups in total. The maximum Gasteiger partial charge on any atom is 0.162 e. The second kappa shape index (κ2) is 7.28. The molecule has 29 heavy (non-hydrogen) atoms. The maximum absolute atomic E-state index is 13.4. The zero-order valence-electron chi connectivity index (χ0n) is 15.9. The molecule has 4 rings (SSSR count). The average Bonchev–Trinajstić information content (AvgIpc) is 3.07. The molecule has 0 saturated heterocycles. The molecule has 3 heterocycles. The first-order chi connectivity index (χ1) is 13.7. The van der Waals surface area contributed by atoms with Crippen molar-refractivity contribution in [2.45, 2.75) is 32.6 Å². The number of pyridine rings is 1. The van der Waals surface area contributed by atoms with Gasteiger partial charge in [0, 0.05) is 38.6 Å². The number of hydrogen-bond donors (Lipinski definition) is 1. The molecule has 0 radical (unpaired) electrons. The van der Waals surface area contributed by atoms with Crippen molar-refractivity contribution in [3.8, 4) is 6.07 Å². The summed E-state index contributed by atoms with van der Waals surface area (Å²) in [6.45, 7) is 4.13. The molecule has 0 saturated carbocycles. The lowest BCUT2D eigenvalue weighted by molar-refractivity contribution is -0.118. The zero-order chi connectivity index (χ0) is 20.9. The van der Waals surface area contributed by atoms with Crippen molar-refractivity contribution in [3.63, 3.8) is 0 Å². The second-order valence-corrected chi connectivity index (χ2v) is 10.2. The van der Waals surface area contributed by atoms with Gasteiger partial charge < -0.3 is 5.73 Å². The van der Waals surface area contributed by atoms with Crippen molar-refractivity contribution in [2.24, 2.45) is 11.1 Å². The van der Waals surface area contributed by atoms with E-state index in [9.17, 15) is 10.1 Å². The summed E-state index contributed by atoms with van der Waals surface area (Å²) in [5.41, 5.74) is 8.68. The minimum absolute atomic E-state index is 0.0380. The third kappa shape index (κ3) is 3.39. The van der Waals surface area contributed by atoms with Crippen LogP contribution in [0.2, 0.25) is 5.15 Å². The van der Waals surface area contributed by atoms with Gasteiger partial charge in [-0.05, 0) is 46.0 Å². The van der Waals surface area contributed by atoms with E-state index in [0.29, 0.717) is 35.5 Å². The fraction of sp³-hybridized carbons (Fsp3) is 0.286. The Morgan fingerprint density at radius 3 is 2.83 bits per heavy atom. The predicted octanol–water partition coefficient (Wildman–Crippen LogP) is 5.50. The number of aromatic nitrogens is 1. The number of halogens is 2. The van der Waals surface area contributed by atoms with Gasteiger partial charge in [-0.15, -0.1) is 11.3 Å². The largest absolute Gasteiger partial charge is 0.384 e. The number of carbonyl (C=O) groups is 1. The lowest BCUT2D eigenvalue weighted by Gasteiger charge is -2.43. The highest BCUT2D eigenvalue weighted by Gasteiger charge is 2.45. The lowest BCUT2D eigenvalue weighted by Crippen LogP contribution is -2.42. The minimum atomic E-state index is -0.471. The van der Waals surface area contributed by atoms with Crippen LogP contribution in [0.4, 0.5) is 5.69 Å². The minimum Gasteiger partial charge on any atom is -0.384 e. The molecular formula is C21H18BrClN4OS. The van der Waals surface area contributed by atoms with E-state index in [-0.39, 0.29) is 16.4 Å². The summed E-state index contributed by atoms with van der Waals surface area (Å²) >= 11 is 11.4. The molecule has 1 aliphatic heterocycles. The molecule has 148 valence electrons. The van der Waals surface area contributed by atoms with E-state index in [2.05, 4.69) is 40.8 Å². The molecule has 5 nitrogen and oxygen atoms in total. The Labute approximate surface area is 186 Å². The number of thiophene rings is 1. The first-order valence-corrected chi connectivity index (χ1v) is 11.1. The first-order valence-electron chi connectivity index (χ1n) is 9.04. The van der Waals surface area contributed by atoms with Crippen LogP contribution in [0.15, 0.2) is 56.9 Å². The lowest BCUT2D eigenvalue weighted by atomic mass is 9.69. The van der Waals surface area contributed by atoms with Gasteiger partial charge >= 0.3 is 0 Å². The fourth-order valence-electron chi connectivity index (χ4n) is 4.09. The van der Waals surface area contributed by atoms with E-state index in [4.69, 9.17) is 17.3 Å². The van der Waals surface area contributed by atoms with Gasteiger partial charge in [-0.3, -0.25) is 9.69 Å². The Morgan fingerprint density at radius 2 is 2.21 bits per heavy atom. The van der Waals surface area contributed by atoms with Crippen molar-refractivity contribution in [3.05, 3.63) is 66.9 Å². The second-order valence-electron chi connectivity index (χ2n) is 7.96. The van der Waals surface area contributed by atoms with E-state index in [1.165, 1.54) is 11.3 Å². The Bertz CT molecular complexity index is 1130. The van der Waals surface area contributed by atoms with Crippen molar-refractivity contribution in [2.75, 3.05) is 4.90 Å². The molecule has 0 fully saturated rings. The molecule has 8 heteroatoms. The molecule has 2 aromatic heterocycles. The van der Waals surface area contributed by atoms with E-state index < -0.39 is 5.92 Å². The number of carbonyl (C=O) groups excluding carboxylic acids is 1. The first kappa shape index (κ1) is 20.1. The van der Waals surface area contributed by atoms with Crippen molar-refractivity contribution in [1.82, 2.24) is 4.98 Å².